The summed E-state index contributed by atoms with van der Waals surface area (Å²) in [6.45, 7) is 3.61. The molecule has 5 heteroatoms. The molecule has 2 N–H and O–H groups in total. The molecule has 1 rings (SSSR count). The number of carbonyl (C=O) groups is 2. The number of nitrogens with one attached hydrogen (secondary N) is 1. The van der Waals surface area contributed by atoms with Crippen molar-refractivity contribution in [2.24, 2.45) is 5.92 Å². The third-order valence-corrected chi connectivity index (χ3v) is 1.77. The molecular weight excluding hydrogens is 162 g/mol. The van der Waals surface area contributed by atoms with Gasteiger partial charge in [0, 0.05) is 0 Å². The standard InChI is InChI=1S/C7H11NO4/c1-3(2)5-4(6(9)10)8-7(11)12-5/h3-5H,1-2H3,(H,8,11)(H,9,10)/t4-,5+/m0/s1. The van der Waals surface area contributed by atoms with Gasteiger partial charge < -0.3 is 15.2 Å². The lowest BCUT2D eigenvalue weighted by molar-refractivity contribution is -0.140. The van der Waals surface area contributed by atoms with Gasteiger partial charge >= 0.3 is 12.1 Å². The molecular formula is C7H11NO4. The number of ether oxygens (including phenoxy) is 1. The Morgan fingerprint density at radius 3 is 2.58 bits per heavy atom. The fraction of sp³-hybridized carbons (Fsp3) is 0.714. The summed E-state index contributed by atoms with van der Waals surface area (Å²) in [5.41, 5.74) is 0. The monoisotopic (exact) mass is 173 g/mol. The number of hydrogen-bond acceptors (Lipinski definition) is 3. The molecule has 68 valence electrons. The van der Waals surface area contributed by atoms with Crippen LogP contribution < -0.4 is 5.32 Å². The van der Waals surface area contributed by atoms with Gasteiger partial charge in [-0.1, -0.05) is 13.8 Å². The largest absolute Gasteiger partial charge is 0.480 e. The van der Waals surface area contributed by atoms with Gasteiger partial charge in [-0.05, 0) is 5.92 Å². The maximum atomic E-state index is 10.7. The van der Waals surface area contributed by atoms with E-state index in [1.54, 1.807) is 13.8 Å². The van der Waals surface area contributed by atoms with Crippen LogP contribution in [0.3, 0.4) is 0 Å². The molecule has 1 saturated heterocycles. The smallest absolute Gasteiger partial charge is 0.408 e. The summed E-state index contributed by atoms with van der Waals surface area (Å²) in [4.78, 5) is 21.2. The predicted octanol–water partition coefficient (Wildman–Crippen LogP) is 0.204. The highest BCUT2D eigenvalue weighted by atomic mass is 16.6. The third kappa shape index (κ3) is 1.49. The van der Waals surface area contributed by atoms with Crippen molar-refractivity contribution >= 4 is 12.1 Å². The van der Waals surface area contributed by atoms with E-state index in [4.69, 9.17) is 9.84 Å². The molecule has 0 aromatic carbocycles. The van der Waals surface area contributed by atoms with E-state index in [-0.39, 0.29) is 5.92 Å². The van der Waals surface area contributed by atoms with Crippen molar-refractivity contribution in [1.82, 2.24) is 5.32 Å². The molecule has 0 aromatic rings. The Kier molecular flexibility index (Phi) is 2.21. The summed E-state index contributed by atoms with van der Waals surface area (Å²) in [5, 5.41) is 10.9. The van der Waals surface area contributed by atoms with E-state index < -0.39 is 24.2 Å². The Balaban J connectivity index is 2.72. The Morgan fingerprint density at radius 1 is 1.67 bits per heavy atom. The van der Waals surface area contributed by atoms with Crippen molar-refractivity contribution in [1.29, 1.82) is 0 Å². The van der Waals surface area contributed by atoms with Crippen molar-refractivity contribution in [3.8, 4) is 0 Å². The summed E-state index contributed by atoms with van der Waals surface area (Å²) in [6, 6.07) is -0.905. The second-order valence-electron chi connectivity index (χ2n) is 3.07. The zero-order chi connectivity index (χ0) is 9.30. The van der Waals surface area contributed by atoms with Crippen molar-refractivity contribution in [2.45, 2.75) is 26.0 Å². The lowest BCUT2D eigenvalue weighted by Crippen LogP contribution is -2.41. The molecule has 1 aliphatic rings. The van der Waals surface area contributed by atoms with Crippen LogP contribution in [0.2, 0.25) is 0 Å². The SMILES string of the molecule is CC(C)[C@H]1OC(=O)N[C@@H]1C(=O)O. The molecule has 2 atom stereocenters. The molecule has 1 heterocycles. The Hall–Kier alpha value is -1.26. The van der Waals surface area contributed by atoms with E-state index in [9.17, 15) is 9.59 Å². The van der Waals surface area contributed by atoms with Gasteiger partial charge in [0.2, 0.25) is 0 Å². The van der Waals surface area contributed by atoms with Crippen LogP contribution in [0.1, 0.15) is 13.8 Å². The van der Waals surface area contributed by atoms with Crippen LogP contribution in [-0.4, -0.2) is 29.3 Å². The normalized spacial score (nSPS) is 28.4. The van der Waals surface area contributed by atoms with Crippen molar-refractivity contribution in [3.05, 3.63) is 0 Å². The molecule has 0 unspecified atom stereocenters. The Morgan fingerprint density at radius 2 is 2.25 bits per heavy atom. The molecule has 0 aliphatic carbocycles. The van der Waals surface area contributed by atoms with Crippen molar-refractivity contribution in [2.75, 3.05) is 0 Å². The number of carbonyl (C=O) groups excluding carboxylic acids is 1. The first-order chi connectivity index (χ1) is 5.52. The average Bonchev–Trinajstić information content (AvgIpc) is 2.31. The van der Waals surface area contributed by atoms with Crippen LogP contribution in [0, 0.1) is 5.92 Å². The minimum Gasteiger partial charge on any atom is -0.480 e. The molecule has 1 aliphatic heterocycles. The second-order valence-corrected chi connectivity index (χ2v) is 3.07. The highest BCUT2D eigenvalue weighted by Crippen LogP contribution is 2.17. The quantitative estimate of drug-likeness (QED) is 0.625. The Labute approximate surface area is 69.7 Å². The van der Waals surface area contributed by atoms with Gasteiger partial charge in [-0.2, -0.15) is 0 Å². The first-order valence-corrected chi connectivity index (χ1v) is 3.72. The highest BCUT2D eigenvalue weighted by molar-refractivity contribution is 5.83. The summed E-state index contributed by atoms with van der Waals surface area (Å²) in [5.74, 6) is -1.05. The van der Waals surface area contributed by atoms with Gasteiger partial charge in [0.05, 0.1) is 0 Å². The first kappa shape index (κ1) is 8.83. The fourth-order valence-corrected chi connectivity index (χ4v) is 1.16. The predicted molar refractivity (Wildman–Crippen MR) is 39.7 cm³/mol. The summed E-state index contributed by atoms with van der Waals surface area (Å²) >= 11 is 0. The summed E-state index contributed by atoms with van der Waals surface area (Å²) in [6.07, 6.45) is -1.21. The van der Waals surface area contributed by atoms with Gasteiger partial charge in [-0.15, -0.1) is 0 Å². The van der Waals surface area contributed by atoms with Crippen LogP contribution >= 0.6 is 0 Å². The lowest BCUT2D eigenvalue weighted by Gasteiger charge is -2.15. The number of carboxylic acid groups (broad SMARTS) is 1. The second kappa shape index (κ2) is 3.00. The number of aliphatic carboxylic acids is 1. The molecule has 5 nitrogen and oxygen atoms in total. The topological polar surface area (TPSA) is 75.6 Å². The number of rotatable bonds is 2. The molecule has 0 spiro atoms. The molecule has 1 amide bonds. The molecule has 0 radical (unpaired) electrons. The van der Waals surface area contributed by atoms with E-state index in [2.05, 4.69) is 5.32 Å². The molecule has 12 heavy (non-hydrogen) atoms. The Bertz CT molecular complexity index is 213. The zero-order valence-corrected chi connectivity index (χ0v) is 6.90. The third-order valence-electron chi connectivity index (χ3n) is 1.77. The van der Waals surface area contributed by atoms with E-state index >= 15 is 0 Å². The highest BCUT2D eigenvalue weighted by Gasteiger charge is 2.40. The van der Waals surface area contributed by atoms with Gasteiger partial charge in [-0.3, -0.25) is 0 Å². The van der Waals surface area contributed by atoms with Gasteiger partial charge in [0.25, 0.3) is 0 Å². The van der Waals surface area contributed by atoms with Crippen LogP contribution in [-0.2, 0) is 9.53 Å². The zero-order valence-electron chi connectivity index (χ0n) is 6.90. The number of carboxylic acids is 1. The maximum Gasteiger partial charge on any atom is 0.408 e. The minimum atomic E-state index is -1.06. The summed E-state index contributed by atoms with van der Waals surface area (Å²) in [7, 11) is 0. The van der Waals surface area contributed by atoms with Crippen molar-refractivity contribution < 1.29 is 19.4 Å². The van der Waals surface area contributed by atoms with Crippen LogP contribution in [0.25, 0.3) is 0 Å². The van der Waals surface area contributed by atoms with Crippen LogP contribution in [0.5, 0.6) is 0 Å². The van der Waals surface area contributed by atoms with E-state index in [0.29, 0.717) is 0 Å². The first-order valence-electron chi connectivity index (χ1n) is 3.72. The number of alkyl carbamates (subject to hydrolysis) is 1. The van der Waals surface area contributed by atoms with Gasteiger partial charge in [-0.25, -0.2) is 9.59 Å². The van der Waals surface area contributed by atoms with Crippen LogP contribution in [0.4, 0.5) is 4.79 Å². The average molecular weight is 173 g/mol. The molecule has 0 aromatic heterocycles. The molecule has 1 fully saturated rings. The van der Waals surface area contributed by atoms with Crippen molar-refractivity contribution in [3.63, 3.8) is 0 Å². The maximum absolute atomic E-state index is 10.7. The molecule has 0 saturated carbocycles. The fourth-order valence-electron chi connectivity index (χ4n) is 1.16. The van der Waals surface area contributed by atoms with Gasteiger partial charge in [0.15, 0.2) is 6.04 Å². The van der Waals surface area contributed by atoms with Gasteiger partial charge in [0.1, 0.15) is 6.10 Å². The number of amides is 1. The van der Waals surface area contributed by atoms with E-state index in [1.807, 2.05) is 0 Å². The molecule has 0 bridgehead atoms. The van der Waals surface area contributed by atoms with E-state index in [1.165, 1.54) is 0 Å². The van der Waals surface area contributed by atoms with E-state index in [0.717, 1.165) is 0 Å². The number of hydrogen-bond donors (Lipinski definition) is 2. The lowest BCUT2D eigenvalue weighted by atomic mass is 10.0. The van der Waals surface area contributed by atoms with Crippen LogP contribution in [0.15, 0.2) is 0 Å². The summed E-state index contributed by atoms with van der Waals surface area (Å²) < 4.78 is 4.77. The number of cyclic esters (lactones) is 1. The minimum absolute atomic E-state index is 0.00468.